The van der Waals surface area contributed by atoms with Crippen LogP contribution < -0.4 is 0 Å². The van der Waals surface area contributed by atoms with E-state index in [-0.39, 0.29) is 0 Å². The first-order valence-corrected chi connectivity index (χ1v) is 1.95. The largest absolute Gasteiger partial charge is 0.339 e. The fourth-order valence-electron chi connectivity index (χ4n) is 0.357. The average Bonchev–Trinajstić information content (AvgIpc) is 2.12. The lowest BCUT2D eigenvalue weighted by atomic mass is 10.8. The Kier molecular flexibility index (Phi) is 0.957. The van der Waals surface area contributed by atoms with Gasteiger partial charge in [-0.15, -0.1) is 0 Å². The zero-order chi connectivity index (χ0) is 5.98. The maximum Gasteiger partial charge on any atom is 0.167 e. The molecule has 0 aromatic carbocycles. The third-order valence-corrected chi connectivity index (χ3v) is 0.658. The molecule has 8 heavy (non-hydrogen) atoms. The first-order valence-electron chi connectivity index (χ1n) is 1.95. The van der Waals surface area contributed by atoms with E-state index in [0.29, 0.717) is 4.79 Å². The Balaban J connectivity index is 2.93. The van der Waals surface area contributed by atoms with Crippen molar-refractivity contribution in [3.63, 3.8) is 0 Å². The normalized spacial score (nSPS) is 9.00. The van der Waals surface area contributed by atoms with Crippen LogP contribution in [0.5, 0.6) is 0 Å². The molecule has 5 heteroatoms. The van der Waals surface area contributed by atoms with Crippen molar-refractivity contribution in [2.45, 2.75) is 0 Å². The highest BCUT2D eigenvalue weighted by Gasteiger charge is 1.94. The Morgan fingerprint density at radius 3 is 2.75 bits per heavy atom. The highest BCUT2D eigenvalue weighted by atomic mass is 17.0. The van der Waals surface area contributed by atoms with Crippen molar-refractivity contribution in [3.8, 4) is 0 Å². The van der Waals surface area contributed by atoms with Gasteiger partial charge in [-0.25, -0.2) is 0 Å². The fourth-order valence-corrected chi connectivity index (χ4v) is 0.357. The van der Waals surface area contributed by atoms with Gasteiger partial charge >= 0.3 is 0 Å². The SMILES string of the molecule is O=[15N+]([O-])n1cccn1. The number of nitro groups is 1. The molecule has 0 fully saturated rings. The van der Waals surface area contributed by atoms with Crippen molar-refractivity contribution in [2.24, 2.45) is 0 Å². The van der Waals surface area contributed by atoms with Gasteiger partial charge < -0.3 is 10.1 Å². The molecular weight excluding hydrogens is 111 g/mol. The van der Waals surface area contributed by atoms with E-state index in [1.165, 1.54) is 18.5 Å². The van der Waals surface area contributed by atoms with Crippen LogP contribution in [0.2, 0.25) is 0 Å². The number of aromatic nitrogens is 2. The van der Waals surface area contributed by atoms with Crippen LogP contribution in [0, 0.1) is 10.1 Å². The van der Waals surface area contributed by atoms with Crippen LogP contribution in [0.25, 0.3) is 0 Å². The van der Waals surface area contributed by atoms with Crippen molar-refractivity contribution in [2.75, 3.05) is 0 Å². The van der Waals surface area contributed by atoms with Gasteiger partial charge in [-0.05, 0) is 0 Å². The van der Waals surface area contributed by atoms with E-state index in [0.717, 1.165) is 0 Å². The molecule has 1 rings (SSSR count). The molecule has 0 aliphatic rings. The first kappa shape index (κ1) is 4.76. The summed E-state index contributed by atoms with van der Waals surface area (Å²) in [4.78, 5) is 10.4. The first-order chi connectivity index (χ1) is 3.80. The predicted octanol–water partition coefficient (Wildman–Crippen LogP) is -0.0771. The van der Waals surface area contributed by atoms with E-state index in [4.69, 9.17) is 0 Å². The summed E-state index contributed by atoms with van der Waals surface area (Å²) >= 11 is 0. The Bertz CT molecular complexity index is 180. The number of hydrogen-bond acceptors (Lipinski definition) is 3. The molecule has 0 unspecified atom stereocenters. The quantitative estimate of drug-likeness (QED) is 0.291. The molecule has 0 spiro atoms. The van der Waals surface area contributed by atoms with E-state index < -0.39 is 5.03 Å². The van der Waals surface area contributed by atoms with Crippen molar-refractivity contribution in [3.05, 3.63) is 28.6 Å². The lowest BCUT2D eigenvalue weighted by Crippen LogP contribution is -2.07. The summed E-state index contributed by atoms with van der Waals surface area (Å²) in [6, 6.07) is 1.49. The summed E-state index contributed by atoms with van der Waals surface area (Å²) < 4.78 is 0. The average molecular weight is 114 g/mol. The Morgan fingerprint density at radius 1 is 1.75 bits per heavy atom. The van der Waals surface area contributed by atoms with Gasteiger partial charge in [-0.1, -0.05) is 0 Å². The van der Waals surface area contributed by atoms with E-state index >= 15 is 0 Å². The molecule has 1 aromatic heterocycles. The second-order valence-electron chi connectivity index (χ2n) is 1.16. The minimum atomic E-state index is -0.611. The highest BCUT2D eigenvalue weighted by molar-refractivity contribution is 4.74. The third kappa shape index (κ3) is 0.651. The smallest absolute Gasteiger partial charge is 0.167 e. The van der Waals surface area contributed by atoms with Crippen molar-refractivity contribution >= 4 is 0 Å². The van der Waals surface area contributed by atoms with Gasteiger partial charge in [0.15, 0.2) is 6.20 Å². The second kappa shape index (κ2) is 1.61. The summed E-state index contributed by atoms with van der Waals surface area (Å²) in [5.41, 5.74) is 0. The Hall–Kier alpha value is -1.39. The summed E-state index contributed by atoms with van der Waals surface area (Å²) in [6.07, 6.45) is 2.61. The van der Waals surface area contributed by atoms with Crippen LogP contribution in [-0.4, -0.2) is 14.9 Å². The predicted molar refractivity (Wildman–Crippen MR) is 24.6 cm³/mol. The van der Waals surface area contributed by atoms with Gasteiger partial charge in [0.05, 0.1) is 5.03 Å². The summed E-state index contributed by atoms with van der Waals surface area (Å²) in [6.45, 7) is 0. The molecule has 0 saturated heterocycles. The molecule has 0 N–H and O–H groups in total. The second-order valence-corrected chi connectivity index (χ2v) is 1.16. The van der Waals surface area contributed by atoms with Gasteiger partial charge in [0.25, 0.3) is 0 Å². The summed E-state index contributed by atoms with van der Waals surface area (Å²) in [7, 11) is 0. The fraction of sp³-hybridized carbons (Fsp3) is 0. The van der Waals surface area contributed by atoms with Gasteiger partial charge in [-0.3, -0.25) is 0 Å². The molecule has 1 heterocycles. The molecule has 0 aliphatic heterocycles. The maximum atomic E-state index is 9.77. The molecule has 0 bridgehead atoms. The third-order valence-electron chi connectivity index (χ3n) is 0.658. The zero-order valence-corrected chi connectivity index (χ0v) is 3.89. The van der Waals surface area contributed by atoms with E-state index in [1.54, 1.807) is 0 Å². The molecule has 42 valence electrons. The Labute approximate surface area is 44.7 Å². The number of nitrogens with zero attached hydrogens (tertiary/aromatic N) is 3. The zero-order valence-electron chi connectivity index (χ0n) is 3.89. The lowest BCUT2D eigenvalue weighted by Gasteiger charge is -1.85. The van der Waals surface area contributed by atoms with Gasteiger partial charge in [-0.2, -0.15) is 0 Å². The molecule has 1 aromatic rings. The summed E-state index contributed by atoms with van der Waals surface area (Å²) in [5.74, 6) is 0. The van der Waals surface area contributed by atoms with Crippen LogP contribution in [0.3, 0.4) is 0 Å². The van der Waals surface area contributed by atoms with Gasteiger partial charge in [0, 0.05) is 16.0 Å². The molecule has 0 saturated carbocycles. The standard InChI is InChI=1S/C3H3N3O2/c7-6(8)5-3-1-2-4-5/h1-3H/i6+1. The van der Waals surface area contributed by atoms with E-state index in [2.05, 4.69) is 5.10 Å². The van der Waals surface area contributed by atoms with Crippen LogP contribution in [0.1, 0.15) is 0 Å². The van der Waals surface area contributed by atoms with E-state index in [1.807, 2.05) is 0 Å². The topological polar surface area (TPSA) is 61.0 Å². The summed E-state index contributed by atoms with van der Waals surface area (Å²) in [5, 5.41) is 12.5. The molecular formula is C3H3N3O2. The molecule has 0 amide bonds. The lowest BCUT2D eigenvalue weighted by molar-refractivity contribution is -0.552. The monoisotopic (exact) mass is 114 g/mol. The van der Waals surface area contributed by atoms with Crippen LogP contribution in [-0.2, 0) is 0 Å². The minimum absolute atomic E-state index is 0.611. The van der Waals surface area contributed by atoms with Crippen LogP contribution in [0.15, 0.2) is 18.5 Å². The van der Waals surface area contributed by atoms with Crippen molar-refractivity contribution in [1.82, 2.24) is 9.89 Å². The minimum Gasteiger partial charge on any atom is -0.339 e. The molecule has 0 radical (unpaired) electrons. The van der Waals surface area contributed by atoms with Crippen LogP contribution in [0.4, 0.5) is 0 Å². The number of rotatable bonds is 1. The van der Waals surface area contributed by atoms with Gasteiger partial charge in [0.2, 0.25) is 0 Å². The molecule has 0 atom stereocenters. The van der Waals surface area contributed by atoms with Gasteiger partial charge in [0.1, 0.15) is 6.20 Å². The number of hydrogen-bond donors (Lipinski definition) is 0. The molecule has 5 nitrogen and oxygen atoms in total. The van der Waals surface area contributed by atoms with Crippen LogP contribution >= 0.6 is 0 Å². The molecule has 0 aliphatic carbocycles. The van der Waals surface area contributed by atoms with Crippen molar-refractivity contribution < 1.29 is 5.03 Å². The van der Waals surface area contributed by atoms with E-state index in [9.17, 15) is 10.1 Å². The maximum absolute atomic E-state index is 9.77. The highest BCUT2D eigenvalue weighted by Crippen LogP contribution is 1.79. The van der Waals surface area contributed by atoms with Crippen molar-refractivity contribution in [1.29, 1.82) is 0 Å². The Morgan fingerprint density at radius 2 is 2.50 bits per heavy atom.